The predicted octanol–water partition coefficient (Wildman–Crippen LogP) is 6.32. The van der Waals surface area contributed by atoms with Crippen LogP contribution in [0, 0.1) is 5.92 Å². The van der Waals surface area contributed by atoms with E-state index >= 15 is 0 Å². The average Bonchev–Trinajstić information content (AvgIpc) is 3.22. The second-order valence-electron chi connectivity index (χ2n) is 9.71. The Balaban J connectivity index is 1.40. The number of anilines is 3. The molecule has 5 nitrogen and oxygen atoms in total. The molecule has 0 radical (unpaired) electrons. The lowest BCUT2D eigenvalue weighted by Gasteiger charge is -2.23. The van der Waals surface area contributed by atoms with Crippen LogP contribution in [0.2, 0.25) is 0 Å². The molecule has 0 aliphatic heterocycles. The van der Waals surface area contributed by atoms with Crippen LogP contribution in [-0.4, -0.2) is 22.6 Å². The normalized spacial score (nSPS) is 18.3. The molecule has 1 atom stereocenters. The Morgan fingerprint density at radius 3 is 2.51 bits per heavy atom. The van der Waals surface area contributed by atoms with Crippen LogP contribution in [0.3, 0.4) is 0 Å². The molecule has 8 heteroatoms. The Kier molecular flexibility index (Phi) is 6.65. The van der Waals surface area contributed by atoms with E-state index in [1.165, 1.54) is 48.8 Å². The van der Waals surface area contributed by atoms with Crippen molar-refractivity contribution in [1.82, 2.24) is 9.97 Å². The molecule has 0 spiro atoms. The van der Waals surface area contributed by atoms with Gasteiger partial charge >= 0.3 is 6.18 Å². The minimum absolute atomic E-state index is 0.158. The standard InChI is InChI=1S/C27H30F3N5/c28-27(29,30)20-7-9-23(24(13-20)32-15-17-4-2-1-3-5-17)25-14-26(34-16-33-25)35-22-8-6-18-10-21(31)11-19(18)12-22/h6-9,12-14,16-17,21,32H,1-5,10-11,15,31H2,(H,33,34,35). The molecular weight excluding hydrogens is 451 g/mol. The van der Waals surface area contributed by atoms with Gasteiger partial charge in [0, 0.05) is 35.6 Å². The van der Waals surface area contributed by atoms with Crippen molar-refractivity contribution in [2.24, 2.45) is 11.7 Å². The van der Waals surface area contributed by atoms with Crippen molar-refractivity contribution in [2.45, 2.75) is 57.2 Å². The number of hydrogen-bond acceptors (Lipinski definition) is 5. The first kappa shape index (κ1) is 23.6. The minimum Gasteiger partial charge on any atom is -0.384 e. The van der Waals surface area contributed by atoms with Gasteiger partial charge in [0.05, 0.1) is 11.3 Å². The van der Waals surface area contributed by atoms with Crippen molar-refractivity contribution in [3.8, 4) is 11.3 Å². The molecule has 0 bridgehead atoms. The smallest absolute Gasteiger partial charge is 0.384 e. The molecule has 1 fully saturated rings. The third-order valence-electron chi connectivity index (χ3n) is 7.04. The van der Waals surface area contributed by atoms with E-state index in [0.717, 1.165) is 37.4 Å². The first-order valence-electron chi connectivity index (χ1n) is 12.3. The predicted molar refractivity (Wildman–Crippen MR) is 133 cm³/mol. The highest BCUT2D eigenvalue weighted by Crippen LogP contribution is 2.36. The lowest BCUT2D eigenvalue weighted by atomic mass is 9.89. The molecular formula is C27H30F3N5. The van der Waals surface area contributed by atoms with Crippen LogP contribution in [0.25, 0.3) is 11.3 Å². The van der Waals surface area contributed by atoms with Gasteiger partial charge in [0.25, 0.3) is 0 Å². The van der Waals surface area contributed by atoms with Gasteiger partial charge in [0.15, 0.2) is 0 Å². The van der Waals surface area contributed by atoms with E-state index in [2.05, 4.69) is 32.7 Å². The van der Waals surface area contributed by atoms with Gasteiger partial charge in [-0.1, -0.05) is 31.4 Å². The molecule has 5 rings (SSSR count). The molecule has 0 saturated heterocycles. The summed E-state index contributed by atoms with van der Waals surface area (Å²) in [6.07, 6.45) is 4.56. The van der Waals surface area contributed by atoms with Crippen molar-refractivity contribution in [3.05, 3.63) is 65.5 Å². The zero-order valence-electron chi connectivity index (χ0n) is 19.5. The first-order chi connectivity index (χ1) is 16.8. The summed E-state index contributed by atoms with van der Waals surface area (Å²) in [4.78, 5) is 8.70. The first-order valence-corrected chi connectivity index (χ1v) is 12.3. The summed E-state index contributed by atoms with van der Waals surface area (Å²) in [7, 11) is 0. The third kappa shape index (κ3) is 5.59. The molecule has 2 aliphatic carbocycles. The average molecular weight is 482 g/mol. The van der Waals surface area contributed by atoms with Gasteiger partial charge < -0.3 is 16.4 Å². The summed E-state index contributed by atoms with van der Waals surface area (Å²) < 4.78 is 40.4. The topological polar surface area (TPSA) is 75.9 Å². The van der Waals surface area contributed by atoms with E-state index in [4.69, 9.17) is 5.73 Å². The molecule has 1 heterocycles. The molecule has 2 aliphatic rings. The molecule has 0 amide bonds. The van der Waals surface area contributed by atoms with Gasteiger partial charge in [-0.15, -0.1) is 0 Å². The maximum atomic E-state index is 13.5. The number of fused-ring (bicyclic) bond motifs is 1. The summed E-state index contributed by atoms with van der Waals surface area (Å²) in [5.74, 6) is 1.05. The van der Waals surface area contributed by atoms with Crippen molar-refractivity contribution >= 4 is 17.2 Å². The Hall–Kier alpha value is -3.13. The lowest BCUT2D eigenvalue weighted by molar-refractivity contribution is -0.137. The van der Waals surface area contributed by atoms with Crippen molar-refractivity contribution < 1.29 is 13.2 Å². The lowest BCUT2D eigenvalue weighted by Crippen LogP contribution is -2.18. The maximum absolute atomic E-state index is 13.5. The second kappa shape index (κ2) is 9.85. The van der Waals surface area contributed by atoms with Gasteiger partial charge in [-0.05, 0) is 67.0 Å². The van der Waals surface area contributed by atoms with E-state index in [9.17, 15) is 13.2 Å². The molecule has 1 unspecified atom stereocenters. The summed E-state index contributed by atoms with van der Waals surface area (Å²) in [6.45, 7) is 0.655. The van der Waals surface area contributed by atoms with Gasteiger partial charge in [-0.2, -0.15) is 13.2 Å². The molecule has 4 N–H and O–H groups in total. The summed E-state index contributed by atoms with van der Waals surface area (Å²) >= 11 is 0. The molecule has 1 saturated carbocycles. The van der Waals surface area contributed by atoms with Crippen molar-refractivity contribution in [3.63, 3.8) is 0 Å². The van der Waals surface area contributed by atoms with Crippen LogP contribution < -0.4 is 16.4 Å². The number of nitrogens with one attached hydrogen (secondary N) is 2. The number of rotatable bonds is 6. The fraction of sp³-hybridized carbons (Fsp3) is 0.407. The molecule has 2 aromatic carbocycles. The third-order valence-corrected chi connectivity index (χ3v) is 7.04. The van der Waals surface area contributed by atoms with Crippen molar-refractivity contribution in [2.75, 3.05) is 17.2 Å². The SMILES string of the molecule is NC1Cc2ccc(Nc3cc(-c4ccc(C(F)(F)F)cc4NCC4CCCCC4)ncn3)cc2C1. The highest BCUT2D eigenvalue weighted by molar-refractivity contribution is 5.78. The fourth-order valence-electron chi connectivity index (χ4n) is 5.19. The molecule has 1 aromatic heterocycles. The molecule has 3 aromatic rings. The highest BCUT2D eigenvalue weighted by atomic mass is 19.4. The quantitative estimate of drug-likeness (QED) is 0.384. The largest absolute Gasteiger partial charge is 0.416 e. The monoisotopic (exact) mass is 481 g/mol. The maximum Gasteiger partial charge on any atom is 0.416 e. The van der Waals surface area contributed by atoms with E-state index in [1.807, 2.05) is 6.07 Å². The minimum atomic E-state index is -4.41. The summed E-state index contributed by atoms with van der Waals surface area (Å²) in [5.41, 5.74) is 10.4. The number of benzene rings is 2. The van der Waals surface area contributed by atoms with Crippen LogP contribution in [0.5, 0.6) is 0 Å². The van der Waals surface area contributed by atoms with Crippen LogP contribution in [0.1, 0.15) is 48.8 Å². The second-order valence-corrected chi connectivity index (χ2v) is 9.71. The Morgan fingerprint density at radius 1 is 0.914 bits per heavy atom. The summed E-state index contributed by atoms with van der Waals surface area (Å²) in [5, 5.41) is 6.61. The Labute approximate surface area is 203 Å². The number of hydrogen-bond donors (Lipinski definition) is 3. The number of nitrogens with two attached hydrogens (primary N) is 1. The zero-order valence-corrected chi connectivity index (χ0v) is 19.5. The van der Waals surface area contributed by atoms with E-state index in [0.29, 0.717) is 35.2 Å². The number of halogens is 3. The zero-order chi connectivity index (χ0) is 24.4. The van der Waals surface area contributed by atoms with Crippen LogP contribution >= 0.6 is 0 Å². The van der Waals surface area contributed by atoms with Gasteiger partial charge in [-0.25, -0.2) is 9.97 Å². The van der Waals surface area contributed by atoms with Crippen LogP contribution in [0.15, 0.2) is 48.8 Å². The van der Waals surface area contributed by atoms with Gasteiger partial charge in [0.1, 0.15) is 12.1 Å². The molecule has 35 heavy (non-hydrogen) atoms. The van der Waals surface area contributed by atoms with E-state index in [-0.39, 0.29) is 6.04 Å². The van der Waals surface area contributed by atoms with Gasteiger partial charge in [0.2, 0.25) is 0 Å². The van der Waals surface area contributed by atoms with E-state index in [1.54, 1.807) is 6.07 Å². The number of aromatic nitrogens is 2. The van der Waals surface area contributed by atoms with E-state index < -0.39 is 11.7 Å². The Bertz CT molecular complexity index is 1190. The van der Waals surface area contributed by atoms with Crippen molar-refractivity contribution in [1.29, 1.82) is 0 Å². The van der Waals surface area contributed by atoms with Gasteiger partial charge in [-0.3, -0.25) is 0 Å². The number of nitrogens with zero attached hydrogens (tertiary/aromatic N) is 2. The van der Waals surface area contributed by atoms with Crippen LogP contribution in [-0.2, 0) is 19.0 Å². The summed E-state index contributed by atoms with van der Waals surface area (Å²) in [6, 6.07) is 11.9. The molecule has 184 valence electrons. The van der Waals surface area contributed by atoms with Crippen LogP contribution in [0.4, 0.5) is 30.4 Å². The fourth-order valence-corrected chi connectivity index (χ4v) is 5.19. The highest BCUT2D eigenvalue weighted by Gasteiger charge is 2.31. The Morgan fingerprint density at radius 2 is 1.71 bits per heavy atom. The number of alkyl halides is 3.